The van der Waals surface area contributed by atoms with E-state index in [9.17, 15) is 9.59 Å². The number of amides is 1. The number of pyridine rings is 1. The minimum absolute atomic E-state index is 0.320. The van der Waals surface area contributed by atoms with Gasteiger partial charge in [0.05, 0.1) is 7.11 Å². The minimum atomic E-state index is -0.784. The highest BCUT2D eigenvalue weighted by Crippen LogP contribution is 2.26. The number of nitrogens with one attached hydrogen (secondary N) is 1. The summed E-state index contributed by atoms with van der Waals surface area (Å²) in [5.74, 6) is -1.17. The fourth-order valence-electron chi connectivity index (χ4n) is 1.60. The summed E-state index contributed by atoms with van der Waals surface area (Å²) in [6, 6.07) is 1.83. The zero-order valence-corrected chi connectivity index (χ0v) is 10.1. The van der Waals surface area contributed by atoms with Crippen molar-refractivity contribution >= 4 is 33.6 Å². The van der Waals surface area contributed by atoms with Gasteiger partial charge in [-0.15, -0.1) is 0 Å². The molecule has 0 unspecified atom stereocenters. The molecule has 0 saturated heterocycles. The SMILES string of the molecule is COC(=O)[C@@H]1Cc2cc(Br)cnc2NC1=O. The van der Waals surface area contributed by atoms with E-state index in [2.05, 4.69) is 31.0 Å². The second-order valence-corrected chi connectivity index (χ2v) is 4.35. The molecule has 1 aromatic heterocycles. The van der Waals surface area contributed by atoms with Crippen LogP contribution >= 0.6 is 15.9 Å². The van der Waals surface area contributed by atoms with Crippen molar-refractivity contribution in [2.45, 2.75) is 6.42 Å². The van der Waals surface area contributed by atoms with Gasteiger partial charge in [0.2, 0.25) is 5.91 Å². The Labute approximate surface area is 100 Å². The van der Waals surface area contributed by atoms with E-state index in [-0.39, 0.29) is 5.91 Å². The Balaban J connectivity index is 2.33. The van der Waals surface area contributed by atoms with Crippen molar-refractivity contribution < 1.29 is 14.3 Å². The van der Waals surface area contributed by atoms with Gasteiger partial charge in [0.15, 0.2) is 0 Å². The number of carbonyl (C=O) groups excluding carboxylic acids is 2. The molecule has 1 aliphatic heterocycles. The van der Waals surface area contributed by atoms with Crippen LogP contribution in [0.4, 0.5) is 5.82 Å². The fourth-order valence-corrected chi connectivity index (χ4v) is 1.98. The maximum Gasteiger partial charge on any atom is 0.318 e. The van der Waals surface area contributed by atoms with Crippen LogP contribution < -0.4 is 5.32 Å². The van der Waals surface area contributed by atoms with E-state index in [4.69, 9.17) is 0 Å². The lowest BCUT2D eigenvalue weighted by atomic mass is 9.95. The van der Waals surface area contributed by atoms with Gasteiger partial charge in [0.1, 0.15) is 11.7 Å². The molecule has 1 aliphatic rings. The predicted molar refractivity (Wildman–Crippen MR) is 59.8 cm³/mol. The molecule has 2 rings (SSSR count). The van der Waals surface area contributed by atoms with Crippen molar-refractivity contribution in [3.63, 3.8) is 0 Å². The van der Waals surface area contributed by atoms with Crippen molar-refractivity contribution in [1.82, 2.24) is 4.98 Å². The molecule has 16 heavy (non-hydrogen) atoms. The maximum atomic E-state index is 11.6. The Morgan fingerprint density at radius 3 is 3.12 bits per heavy atom. The molecule has 5 nitrogen and oxygen atoms in total. The lowest BCUT2D eigenvalue weighted by Gasteiger charge is -2.21. The summed E-state index contributed by atoms with van der Waals surface area (Å²) < 4.78 is 5.38. The first-order chi connectivity index (χ1) is 7.61. The average Bonchev–Trinajstić information content (AvgIpc) is 2.28. The molecule has 0 aliphatic carbocycles. The lowest BCUT2D eigenvalue weighted by Crippen LogP contribution is -2.36. The average molecular weight is 285 g/mol. The van der Waals surface area contributed by atoms with Gasteiger partial charge in [-0.05, 0) is 34.0 Å². The minimum Gasteiger partial charge on any atom is -0.468 e. The molecule has 1 amide bonds. The molecule has 2 heterocycles. The first-order valence-electron chi connectivity index (χ1n) is 4.65. The molecule has 1 N–H and O–H groups in total. The third kappa shape index (κ3) is 1.92. The third-order valence-corrected chi connectivity index (χ3v) is 2.83. The van der Waals surface area contributed by atoms with Gasteiger partial charge >= 0.3 is 5.97 Å². The van der Waals surface area contributed by atoms with Gasteiger partial charge in [-0.3, -0.25) is 9.59 Å². The van der Waals surface area contributed by atoms with Gasteiger partial charge in [-0.1, -0.05) is 0 Å². The summed E-state index contributed by atoms with van der Waals surface area (Å²) >= 11 is 3.29. The van der Waals surface area contributed by atoms with E-state index >= 15 is 0 Å². The summed E-state index contributed by atoms with van der Waals surface area (Å²) in [7, 11) is 1.27. The highest BCUT2D eigenvalue weighted by atomic mass is 79.9. The van der Waals surface area contributed by atoms with Crippen LogP contribution in [-0.4, -0.2) is 24.0 Å². The number of esters is 1. The van der Waals surface area contributed by atoms with Gasteiger partial charge in [-0.2, -0.15) is 0 Å². The number of halogens is 1. The molecule has 0 radical (unpaired) electrons. The van der Waals surface area contributed by atoms with Crippen molar-refractivity contribution in [3.05, 3.63) is 22.3 Å². The Bertz CT molecular complexity index is 461. The molecule has 0 aromatic carbocycles. The summed E-state index contributed by atoms with van der Waals surface area (Å²) in [5, 5.41) is 2.58. The second-order valence-electron chi connectivity index (χ2n) is 3.43. The molecule has 0 spiro atoms. The summed E-state index contributed by atoms with van der Waals surface area (Å²) in [6.07, 6.45) is 1.91. The van der Waals surface area contributed by atoms with Crippen LogP contribution in [0.3, 0.4) is 0 Å². The van der Waals surface area contributed by atoms with E-state index in [1.165, 1.54) is 7.11 Å². The largest absolute Gasteiger partial charge is 0.468 e. The number of anilines is 1. The van der Waals surface area contributed by atoms with Crippen LogP contribution in [0, 0.1) is 5.92 Å². The van der Waals surface area contributed by atoms with Gasteiger partial charge < -0.3 is 10.1 Å². The quantitative estimate of drug-likeness (QED) is 0.620. The Morgan fingerprint density at radius 2 is 2.44 bits per heavy atom. The lowest BCUT2D eigenvalue weighted by molar-refractivity contribution is -0.148. The molecule has 1 aromatic rings. The second kappa shape index (κ2) is 4.21. The van der Waals surface area contributed by atoms with E-state index < -0.39 is 11.9 Å². The molecular weight excluding hydrogens is 276 g/mol. The number of aromatic nitrogens is 1. The molecule has 0 saturated carbocycles. The molecule has 0 fully saturated rings. The highest BCUT2D eigenvalue weighted by Gasteiger charge is 2.33. The number of rotatable bonds is 1. The van der Waals surface area contributed by atoms with Crippen LogP contribution in [0.25, 0.3) is 0 Å². The summed E-state index contributed by atoms with van der Waals surface area (Å²) in [6.45, 7) is 0. The molecule has 6 heteroatoms. The molecule has 1 atom stereocenters. The zero-order valence-electron chi connectivity index (χ0n) is 8.49. The van der Waals surface area contributed by atoms with Gasteiger partial charge in [0.25, 0.3) is 0 Å². The Morgan fingerprint density at radius 1 is 1.69 bits per heavy atom. The topological polar surface area (TPSA) is 68.3 Å². The molecular formula is C10H9BrN2O3. The van der Waals surface area contributed by atoms with Crippen molar-refractivity contribution in [2.24, 2.45) is 5.92 Å². The monoisotopic (exact) mass is 284 g/mol. The number of carbonyl (C=O) groups is 2. The smallest absolute Gasteiger partial charge is 0.318 e. The fraction of sp³-hybridized carbons (Fsp3) is 0.300. The van der Waals surface area contributed by atoms with Crippen LogP contribution in [0.15, 0.2) is 16.7 Å². The van der Waals surface area contributed by atoms with Crippen molar-refractivity contribution in [1.29, 1.82) is 0 Å². The van der Waals surface area contributed by atoms with E-state index in [1.54, 1.807) is 6.20 Å². The first kappa shape index (κ1) is 11.1. The number of hydrogen-bond donors (Lipinski definition) is 1. The van der Waals surface area contributed by atoms with Crippen LogP contribution in [0.5, 0.6) is 0 Å². The van der Waals surface area contributed by atoms with E-state index in [1.807, 2.05) is 6.07 Å². The van der Waals surface area contributed by atoms with Gasteiger partial charge in [-0.25, -0.2) is 4.98 Å². The molecule has 84 valence electrons. The van der Waals surface area contributed by atoms with Crippen LogP contribution in [0.2, 0.25) is 0 Å². The van der Waals surface area contributed by atoms with Crippen molar-refractivity contribution in [3.8, 4) is 0 Å². The summed E-state index contributed by atoms with van der Waals surface area (Å²) in [4.78, 5) is 27.0. The third-order valence-electron chi connectivity index (χ3n) is 2.40. The maximum absolute atomic E-state index is 11.6. The molecule has 0 bridgehead atoms. The Hall–Kier alpha value is -1.43. The number of ether oxygens (including phenoxy) is 1. The van der Waals surface area contributed by atoms with E-state index in [0.29, 0.717) is 12.2 Å². The van der Waals surface area contributed by atoms with Crippen LogP contribution in [-0.2, 0) is 20.7 Å². The van der Waals surface area contributed by atoms with Crippen LogP contribution in [0.1, 0.15) is 5.56 Å². The first-order valence-corrected chi connectivity index (χ1v) is 5.44. The summed E-state index contributed by atoms with van der Waals surface area (Å²) in [5.41, 5.74) is 0.823. The van der Waals surface area contributed by atoms with Gasteiger partial charge in [0, 0.05) is 10.7 Å². The number of methoxy groups -OCH3 is 1. The van der Waals surface area contributed by atoms with E-state index in [0.717, 1.165) is 10.0 Å². The number of nitrogens with zero attached hydrogens (tertiary/aromatic N) is 1. The van der Waals surface area contributed by atoms with Crippen molar-refractivity contribution in [2.75, 3.05) is 12.4 Å². The normalized spacial score (nSPS) is 18.6. The number of fused-ring (bicyclic) bond motifs is 1. The standard InChI is InChI=1S/C10H9BrN2O3/c1-16-10(15)7-3-5-2-6(11)4-12-8(5)13-9(7)14/h2,4,7H,3H2,1H3,(H,12,13,14)/t7-/m1/s1. The Kier molecular flexibility index (Phi) is 2.91. The zero-order chi connectivity index (χ0) is 11.7. The predicted octanol–water partition coefficient (Wildman–Crippen LogP) is 1.13. The highest BCUT2D eigenvalue weighted by molar-refractivity contribution is 9.10. The number of hydrogen-bond acceptors (Lipinski definition) is 4.